The molecule has 0 saturated carbocycles. The van der Waals surface area contributed by atoms with Crippen molar-refractivity contribution in [3.63, 3.8) is 0 Å². The Balaban J connectivity index is 3.79. The van der Waals surface area contributed by atoms with Crippen molar-refractivity contribution in [2.45, 2.75) is 11.2 Å². The third kappa shape index (κ3) is 3.31. The molecular weight excluding hydrogens is 162 g/mol. The molecule has 0 aromatic rings. The zero-order valence-electron chi connectivity index (χ0n) is 5.65. The van der Waals surface area contributed by atoms with Gasteiger partial charge in [0.15, 0.2) is 4.23 Å². The summed E-state index contributed by atoms with van der Waals surface area (Å²) in [7, 11) is 2.40. The minimum absolute atomic E-state index is 0.569. The molecule has 0 radical (unpaired) electrons. The van der Waals surface area contributed by atoms with Crippen molar-refractivity contribution >= 4 is 30.3 Å². The molecule has 0 atom stereocenters. The van der Waals surface area contributed by atoms with Crippen LogP contribution in [0.2, 0.25) is 0 Å². The summed E-state index contributed by atoms with van der Waals surface area (Å²) in [6, 6.07) is 0. The average molecular weight is 171 g/mol. The van der Waals surface area contributed by atoms with E-state index in [4.69, 9.17) is 32.5 Å². The number of hydrogen-bond donors (Lipinski definition) is 0. The lowest BCUT2D eigenvalue weighted by atomic mass is 9.85. The first kappa shape index (κ1) is 9.56. The summed E-state index contributed by atoms with van der Waals surface area (Å²) in [5.41, 5.74) is 0. The van der Waals surface area contributed by atoms with E-state index in [-0.39, 0.29) is 0 Å². The largest absolute Gasteiger partial charge is 0.494 e. The van der Waals surface area contributed by atoms with Crippen LogP contribution in [0.15, 0.2) is 0 Å². The summed E-state index contributed by atoms with van der Waals surface area (Å²) in [5.74, 6) is 0. The Morgan fingerprint density at radius 3 is 1.56 bits per heavy atom. The highest BCUT2D eigenvalue weighted by Gasteiger charge is 2.37. The quantitative estimate of drug-likeness (QED) is 0.473. The second-order valence-corrected chi connectivity index (χ2v) is 3.52. The molecule has 0 aliphatic rings. The Labute approximate surface area is 65.6 Å². The van der Waals surface area contributed by atoms with E-state index in [9.17, 15) is 0 Å². The van der Waals surface area contributed by atoms with Crippen LogP contribution in [0.4, 0.5) is 0 Å². The summed E-state index contributed by atoms with van der Waals surface area (Å²) in [6.45, 7) is 1.60. The van der Waals surface area contributed by atoms with Crippen molar-refractivity contribution < 1.29 is 9.31 Å². The van der Waals surface area contributed by atoms with Crippen LogP contribution < -0.4 is 0 Å². The lowest BCUT2D eigenvalue weighted by molar-refractivity contribution is 0.273. The van der Waals surface area contributed by atoms with Gasteiger partial charge in [-0.15, -0.1) is 23.2 Å². The third-order valence-corrected chi connectivity index (χ3v) is 1.20. The molecule has 5 heteroatoms. The maximum Gasteiger partial charge on any atom is 0.494 e. The average Bonchev–Trinajstić information content (AvgIpc) is 1.65. The topological polar surface area (TPSA) is 18.5 Å². The molecular formula is C4H9BCl2O2. The lowest BCUT2D eigenvalue weighted by Crippen LogP contribution is -2.37. The van der Waals surface area contributed by atoms with Gasteiger partial charge < -0.3 is 9.31 Å². The van der Waals surface area contributed by atoms with Crippen LogP contribution in [0.3, 0.4) is 0 Å². The van der Waals surface area contributed by atoms with Crippen molar-refractivity contribution in [1.29, 1.82) is 0 Å². The first-order valence-corrected chi connectivity index (χ1v) is 3.21. The zero-order valence-corrected chi connectivity index (χ0v) is 7.16. The molecule has 0 aromatic heterocycles. The van der Waals surface area contributed by atoms with Crippen molar-refractivity contribution in [3.8, 4) is 0 Å². The fourth-order valence-corrected chi connectivity index (χ4v) is 0.866. The van der Waals surface area contributed by atoms with E-state index in [0.717, 1.165) is 0 Å². The van der Waals surface area contributed by atoms with Gasteiger partial charge in [-0.25, -0.2) is 0 Å². The standard InChI is InChI=1S/C4H9BCl2O2/c1-4(6,7)5(8-2)9-3/h1-3H3. The molecule has 0 rings (SSSR count). The van der Waals surface area contributed by atoms with Crippen LogP contribution in [0.25, 0.3) is 0 Å². The van der Waals surface area contributed by atoms with Gasteiger partial charge in [0.2, 0.25) is 0 Å². The fraction of sp³-hybridized carbons (Fsp3) is 1.00. The molecule has 0 fully saturated rings. The first-order valence-electron chi connectivity index (χ1n) is 2.45. The smallest absolute Gasteiger partial charge is 0.412 e. The van der Waals surface area contributed by atoms with E-state index in [2.05, 4.69) is 0 Å². The van der Waals surface area contributed by atoms with Gasteiger partial charge in [-0.3, -0.25) is 0 Å². The molecule has 2 nitrogen and oxygen atoms in total. The van der Waals surface area contributed by atoms with E-state index in [1.54, 1.807) is 6.92 Å². The molecule has 9 heavy (non-hydrogen) atoms. The van der Waals surface area contributed by atoms with E-state index in [1.165, 1.54) is 14.2 Å². The van der Waals surface area contributed by atoms with Gasteiger partial charge >= 0.3 is 7.12 Å². The normalized spacial score (nSPS) is 11.7. The first-order chi connectivity index (χ1) is 4.02. The van der Waals surface area contributed by atoms with Gasteiger partial charge in [0.25, 0.3) is 0 Å². The van der Waals surface area contributed by atoms with Crippen LogP contribution in [-0.2, 0) is 9.31 Å². The van der Waals surface area contributed by atoms with Crippen LogP contribution in [-0.4, -0.2) is 25.6 Å². The minimum atomic E-state index is -0.983. The molecule has 0 spiro atoms. The van der Waals surface area contributed by atoms with Crippen LogP contribution >= 0.6 is 23.2 Å². The highest BCUT2D eigenvalue weighted by Crippen LogP contribution is 2.23. The monoisotopic (exact) mass is 170 g/mol. The predicted octanol–water partition coefficient (Wildman–Crippen LogP) is 1.50. The summed E-state index contributed by atoms with van der Waals surface area (Å²) < 4.78 is 8.57. The Bertz CT molecular complexity index is 79.1. The second-order valence-electron chi connectivity index (χ2n) is 1.76. The van der Waals surface area contributed by atoms with Crippen LogP contribution in [0, 0.1) is 0 Å². The zero-order chi connectivity index (χ0) is 7.49. The van der Waals surface area contributed by atoms with Gasteiger partial charge in [-0.1, -0.05) is 0 Å². The molecule has 0 amide bonds. The van der Waals surface area contributed by atoms with Crippen molar-refractivity contribution in [3.05, 3.63) is 0 Å². The maximum atomic E-state index is 5.61. The summed E-state index contributed by atoms with van der Waals surface area (Å²) in [5, 5.41) is 0. The molecule has 0 N–H and O–H groups in total. The Kier molecular flexibility index (Phi) is 3.89. The highest BCUT2D eigenvalue weighted by molar-refractivity contribution is 6.76. The molecule has 0 saturated heterocycles. The van der Waals surface area contributed by atoms with Crippen molar-refractivity contribution in [2.75, 3.05) is 14.2 Å². The Morgan fingerprint density at radius 2 is 1.56 bits per heavy atom. The van der Waals surface area contributed by atoms with E-state index in [1.807, 2.05) is 0 Å². The molecule has 0 unspecified atom stereocenters. The van der Waals surface area contributed by atoms with Crippen LogP contribution in [0.5, 0.6) is 0 Å². The molecule has 0 bridgehead atoms. The number of rotatable bonds is 3. The van der Waals surface area contributed by atoms with E-state index in [0.29, 0.717) is 0 Å². The predicted molar refractivity (Wildman–Crippen MR) is 39.9 cm³/mol. The van der Waals surface area contributed by atoms with Crippen molar-refractivity contribution in [1.82, 2.24) is 0 Å². The number of halogens is 2. The molecule has 0 aliphatic heterocycles. The number of alkyl halides is 2. The second kappa shape index (κ2) is 3.66. The van der Waals surface area contributed by atoms with Crippen molar-refractivity contribution in [2.24, 2.45) is 0 Å². The molecule has 0 aliphatic carbocycles. The number of hydrogen-bond acceptors (Lipinski definition) is 2. The summed E-state index contributed by atoms with van der Waals surface area (Å²) >= 11 is 11.2. The van der Waals surface area contributed by atoms with Gasteiger partial charge in [0.05, 0.1) is 0 Å². The molecule has 0 heterocycles. The SMILES string of the molecule is COB(OC)C(C)(Cl)Cl. The molecule has 0 aromatic carbocycles. The Hall–Kier alpha value is 0.565. The Morgan fingerprint density at radius 1 is 1.22 bits per heavy atom. The summed E-state index contributed by atoms with van der Waals surface area (Å²) in [6.07, 6.45) is 0. The third-order valence-electron chi connectivity index (χ3n) is 0.842. The minimum Gasteiger partial charge on any atom is -0.412 e. The fourth-order valence-electron chi connectivity index (χ4n) is 0.510. The van der Waals surface area contributed by atoms with E-state index < -0.39 is 11.4 Å². The van der Waals surface area contributed by atoms with Gasteiger partial charge in [0.1, 0.15) is 0 Å². The van der Waals surface area contributed by atoms with E-state index >= 15 is 0 Å². The maximum absolute atomic E-state index is 5.61. The van der Waals surface area contributed by atoms with Gasteiger partial charge in [-0.05, 0) is 6.92 Å². The summed E-state index contributed by atoms with van der Waals surface area (Å²) in [4.78, 5) is 0. The van der Waals surface area contributed by atoms with Gasteiger partial charge in [-0.2, -0.15) is 0 Å². The lowest BCUT2D eigenvalue weighted by Gasteiger charge is -2.17. The van der Waals surface area contributed by atoms with Crippen LogP contribution in [0.1, 0.15) is 6.92 Å². The van der Waals surface area contributed by atoms with Gasteiger partial charge in [0, 0.05) is 14.2 Å². The molecule has 54 valence electrons. The highest BCUT2D eigenvalue weighted by atomic mass is 35.5.